The van der Waals surface area contributed by atoms with Gasteiger partial charge in [-0.1, -0.05) is 32.4 Å². The normalized spacial score (nSPS) is 23.8. The smallest absolute Gasteiger partial charge is 0.358 e. The molecular weight excluding hydrogens is 242 g/mol. The fourth-order valence-corrected chi connectivity index (χ4v) is 3.06. The Morgan fingerprint density at radius 2 is 2.00 bits per heavy atom. The van der Waals surface area contributed by atoms with Crippen LogP contribution in [0.4, 0.5) is 0 Å². The maximum absolute atomic E-state index is 11.2. The zero-order valence-electron chi connectivity index (χ0n) is 12.0. The second-order valence-electron chi connectivity index (χ2n) is 5.81. The average molecular weight is 265 g/mol. The molecule has 1 heterocycles. The van der Waals surface area contributed by atoms with Crippen molar-refractivity contribution in [3.63, 3.8) is 0 Å². The van der Waals surface area contributed by atoms with Crippen molar-refractivity contribution in [1.82, 2.24) is 15.0 Å². The van der Waals surface area contributed by atoms with Crippen LogP contribution in [0.3, 0.4) is 0 Å². The Morgan fingerprint density at radius 1 is 1.37 bits per heavy atom. The Hall–Kier alpha value is -1.39. The summed E-state index contributed by atoms with van der Waals surface area (Å²) in [5.74, 6) is -0.0246. The molecule has 0 bridgehead atoms. The molecule has 0 aromatic carbocycles. The van der Waals surface area contributed by atoms with E-state index in [1.807, 2.05) is 18.5 Å². The van der Waals surface area contributed by atoms with E-state index in [1.165, 1.54) is 19.3 Å². The van der Waals surface area contributed by atoms with Crippen molar-refractivity contribution in [1.29, 1.82) is 0 Å². The summed E-state index contributed by atoms with van der Waals surface area (Å²) in [4.78, 5) is 11.2. The van der Waals surface area contributed by atoms with Gasteiger partial charge >= 0.3 is 5.97 Å². The van der Waals surface area contributed by atoms with Crippen LogP contribution in [0.2, 0.25) is 0 Å². The highest BCUT2D eigenvalue weighted by Gasteiger charge is 2.28. The number of hydrogen-bond acceptors (Lipinski definition) is 3. The molecule has 1 aromatic heterocycles. The Labute approximate surface area is 114 Å². The number of hydrogen-bond donors (Lipinski definition) is 1. The molecule has 0 spiro atoms. The van der Waals surface area contributed by atoms with Crippen LogP contribution in [0.1, 0.15) is 81.0 Å². The third-order valence-electron chi connectivity index (χ3n) is 4.22. The Kier molecular flexibility index (Phi) is 4.22. The van der Waals surface area contributed by atoms with Gasteiger partial charge < -0.3 is 5.11 Å². The predicted molar refractivity (Wildman–Crippen MR) is 72.4 cm³/mol. The number of aromatic carboxylic acids is 1. The third-order valence-corrected chi connectivity index (χ3v) is 4.22. The van der Waals surface area contributed by atoms with Crippen LogP contribution in [0, 0.1) is 5.92 Å². The van der Waals surface area contributed by atoms with Gasteiger partial charge in [0, 0.05) is 0 Å². The molecule has 1 aromatic rings. The minimum atomic E-state index is -0.975. The lowest BCUT2D eigenvalue weighted by atomic mass is 9.84. The van der Waals surface area contributed by atoms with Gasteiger partial charge in [-0.15, -0.1) is 5.10 Å². The van der Waals surface area contributed by atoms with Crippen LogP contribution < -0.4 is 0 Å². The number of carboxylic acid groups (broad SMARTS) is 1. The minimum Gasteiger partial charge on any atom is -0.476 e. The van der Waals surface area contributed by atoms with E-state index in [-0.39, 0.29) is 11.6 Å². The maximum atomic E-state index is 11.2. The molecule has 1 fully saturated rings. The lowest BCUT2D eigenvalue weighted by Gasteiger charge is -2.29. The van der Waals surface area contributed by atoms with Crippen LogP contribution >= 0.6 is 0 Å². The molecule has 2 rings (SSSR count). The molecular formula is C14H23N3O2. The maximum Gasteiger partial charge on any atom is 0.358 e. The highest BCUT2D eigenvalue weighted by Crippen LogP contribution is 2.35. The van der Waals surface area contributed by atoms with Gasteiger partial charge in [-0.3, -0.25) is 0 Å². The fourth-order valence-electron chi connectivity index (χ4n) is 3.06. The van der Waals surface area contributed by atoms with E-state index in [0.29, 0.717) is 6.04 Å². The van der Waals surface area contributed by atoms with E-state index in [1.54, 1.807) is 0 Å². The molecule has 1 aliphatic carbocycles. The van der Waals surface area contributed by atoms with Gasteiger partial charge in [-0.25, -0.2) is 9.48 Å². The van der Waals surface area contributed by atoms with E-state index in [2.05, 4.69) is 17.2 Å². The monoisotopic (exact) mass is 265 g/mol. The minimum absolute atomic E-state index is 0.118. The molecule has 19 heavy (non-hydrogen) atoms. The molecule has 0 atom stereocenters. The van der Waals surface area contributed by atoms with Gasteiger partial charge in [0.25, 0.3) is 0 Å². The summed E-state index contributed by atoms with van der Waals surface area (Å²) in [7, 11) is 0. The summed E-state index contributed by atoms with van der Waals surface area (Å²) in [5.41, 5.74) is 0.889. The second kappa shape index (κ2) is 5.72. The first kappa shape index (κ1) is 14.0. The number of carbonyl (C=O) groups is 1. The molecule has 5 heteroatoms. The molecule has 0 aliphatic heterocycles. The van der Waals surface area contributed by atoms with E-state index in [4.69, 9.17) is 0 Å². The Morgan fingerprint density at radius 3 is 2.47 bits per heavy atom. The second-order valence-corrected chi connectivity index (χ2v) is 5.81. The molecule has 106 valence electrons. The SMILES string of the molecule is CCC1CCC(n2nnc(C(=O)O)c2C(C)C)CC1. The average Bonchev–Trinajstić information content (AvgIpc) is 2.83. The van der Waals surface area contributed by atoms with Crippen LogP contribution in [-0.4, -0.2) is 26.1 Å². The van der Waals surface area contributed by atoms with E-state index < -0.39 is 5.97 Å². The highest BCUT2D eigenvalue weighted by atomic mass is 16.4. The van der Waals surface area contributed by atoms with Gasteiger partial charge in [-0.05, 0) is 37.5 Å². The summed E-state index contributed by atoms with van der Waals surface area (Å²) in [6.07, 6.45) is 5.82. The summed E-state index contributed by atoms with van der Waals surface area (Å²) in [6, 6.07) is 0.320. The first-order chi connectivity index (χ1) is 9.04. The van der Waals surface area contributed by atoms with Gasteiger partial charge in [0.05, 0.1) is 11.7 Å². The lowest BCUT2D eigenvalue weighted by molar-refractivity contribution is 0.0688. The summed E-state index contributed by atoms with van der Waals surface area (Å²) in [6.45, 7) is 6.24. The van der Waals surface area contributed by atoms with Crippen molar-refractivity contribution < 1.29 is 9.90 Å². The zero-order valence-corrected chi connectivity index (χ0v) is 12.0. The standard InChI is InChI=1S/C14H23N3O2/c1-4-10-5-7-11(8-6-10)17-13(9(2)3)12(14(18)19)15-16-17/h9-11H,4-8H2,1-3H3,(H,18,19). The van der Waals surface area contributed by atoms with Crippen LogP contribution in [0.25, 0.3) is 0 Å². The fraction of sp³-hybridized carbons (Fsp3) is 0.786. The first-order valence-electron chi connectivity index (χ1n) is 7.22. The Balaban J connectivity index is 2.23. The van der Waals surface area contributed by atoms with Crippen molar-refractivity contribution in [3.05, 3.63) is 11.4 Å². The quantitative estimate of drug-likeness (QED) is 0.907. The third kappa shape index (κ3) is 2.80. The molecule has 0 radical (unpaired) electrons. The molecule has 1 saturated carbocycles. The molecule has 1 N–H and O–H groups in total. The van der Waals surface area contributed by atoms with Crippen molar-refractivity contribution in [2.45, 2.75) is 64.8 Å². The molecule has 1 aliphatic rings. The molecule has 0 amide bonds. The van der Waals surface area contributed by atoms with Crippen molar-refractivity contribution in [2.75, 3.05) is 0 Å². The lowest BCUT2D eigenvalue weighted by Crippen LogP contribution is -2.21. The van der Waals surface area contributed by atoms with Crippen LogP contribution in [0.5, 0.6) is 0 Å². The first-order valence-corrected chi connectivity index (χ1v) is 7.22. The number of nitrogens with zero attached hydrogens (tertiary/aromatic N) is 3. The van der Waals surface area contributed by atoms with E-state index >= 15 is 0 Å². The Bertz CT molecular complexity index is 446. The van der Waals surface area contributed by atoms with Gasteiger partial charge in [0.1, 0.15) is 0 Å². The predicted octanol–water partition coefficient (Wildman–Crippen LogP) is 3.24. The van der Waals surface area contributed by atoms with Crippen molar-refractivity contribution >= 4 is 5.97 Å². The van der Waals surface area contributed by atoms with E-state index in [0.717, 1.165) is 24.5 Å². The number of aromatic nitrogens is 3. The highest BCUT2D eigenvalue weighted by molar-refractivity contribution is 5.86. The molecule has 0 unspecified atom stereocenters. The van der Waals surface area contributed by atoms with Gasteiger partial charge in [0.15, 0.2) is 5.69 Å². The van der Waals surface area contributed by atoms with E-state index in [9.17, 15) is 9.90 Å². The molecule has 5 nitrogen and oxygen atoms in total. The molecule has 0 saturated heterocycles. The largest absolute Gasteiger partial charge is 0.476 e. The van der Waals surface area contributed by atoms with Crippen molar-refractivity contribution in [3.8, 4) is 0 Å². The number of carboxylic acids is 1. The van der Waals surface area contributed by atoms with Crippen LogP contribution in [0.15, 0.2) is 0 Å². The summed E-state index contributed by atoms with van der Waals surface area (Å²) < 4.78 is 1.88. The number of rotatable bonds is 4. The summed E-state index contributed by atoms with van der Waals surface area (Å²) >= 11 is 0. The topological polar surface area (TPSA) is 68.0 Å². The van der Waals surface area contributed by atoms with Gasteiger partial charge in [-0.2, -0.15) is 0 Å². The summed E-state index contributed by atoms with van der Waals surface area (Å²) in [5, 5.41) is 17.2. The van der Waals surface area contributed by atoms with Gasteiger partial charge in [0.2, 0.25) is 0 Å². The van der Waals surface area contributed by atoms with Crippen LogP contribution in [-0.2, 0) is 0 Å². The van der Waals surface area contributed by atoms with Crippen molar-refractivity contribution in [2.24, 2.45) is 5.92 Å². The zero-order chi connectivity index (χ0) is 14.0.